The Balaban J connectivity index is 2.17. The minimum absolute atomic E-state index is 0.110. The van der Waals surface area contributed by atoms with Crippen LogP contribution in [0.1, 0.15) is 18.0 Å². The topological polar surface area (TPSA) is 26.0 Å². The van der Waals surface area contributed by atoms with E-state index >= 15 is 0 Å². The van der Waals surface area contributed by atoms with E-state index in [0.29, 0.717) is 5.92 Å². The predicted molar refractivity (Wildman–Crippen MR) is 63.8 cm³/mol. The molecule has 3 heteroatoms. The number of halogens is 1. The van der Waals surface area contributed by atoms with Gasteiger partial charge in [0.1, 0.15) is 0 Å². The van der Waals surface area contributed by atoms with E-state index < -0.39 is 0 Å². The maximum Gasteiger partial charge on any atom is 0.0453 e. The van der Waals surface area contributed by atoms with Crippen LogP contribution in [0.2, 0.25) is 5.02 Å². The van der Waals surface area contributed by atoms with E-state index in [4.69, 9.17) is 17.3 Å². The second-order valence-corrected chi connectivity index (χ2v) is 5.23. The smallest absolute Gasteiger partial charge is 0.0453 e. The summed E-state index contributed by atoms with van der Waals surface area (Å²) in [6.07, 6.45) is 1.22. The van der Waals surface area contributed by atoms with Gasteiger partial charge < -0.3 is 5.73 Å². The molecule has 1 heterocycles. The predicted octanol–water partition coefficient (Wildman–Crippen LogP) is 3.09. The summed E-state index contributed by atoms with van der Waals surface area (Å²) < 4.78 is 0. The van der Waals surface area contributed by atoms with Gasteiger partial charge >= 0.3 is 0 Å². The maximum absolute atomic E-state index is 6.20. The summed E-state index contributed by atoms with van der Waals surface area (Å²) in [5, 5.41) is 0.803. The van der Waals surface area contributed by atoms with Crippen LogP contribution in [0.5, 0.6) is 0 Å². The van der Waals surface area contributed by atoms with E-state index in [1.165, 1.54) is 17.9 Å². The Labute approximate surface area is 94.0 Å². The monoisotopic (exact) mass is 227 g/mol. The second-order valence-electron chi connectivity index (χ2n) is 3.67. The van der Waals surface area contributed by atoms with Crippen LogP contribution in [0, 0.1) is 5.92 Å². The molecule has 0 saturated carbocycles. The van der Waals surface area contributed by atoms with Gasteiger partial charge in [0.15, 0.2) is 0 Å². The quantitative estimate of drug-likeness (QED) is 0.841. The lowest BCUT2D eigenvalue weighted by atomic mass is 9.93. The molecule has 2 rings (SSSR count). The van der Waals surface area contributed by atoms with Crippen LogP contribution in [-0.2, 0) is 0 Å². The molecule has 14 heavy (non-hydrogen) atoms. The highest BCUT2D eigenvalue weighted by Gasteiger charge is 2.24. The lowest BCUT2D eigenvalue weighted by Crippen LogP contribution is -2.21. The second kappa shape index (κ2) is 4.56. The van der Waals surface area contributed by atoms with Gasteiger partial charge in [0.05, 0.1) is 0 Å². The van der Waals surface area contributed by atoms with Gasteiger partial charge in [-0.25, -0.2) is 0 Å². The van der Waals surface area contributed by atoms with Gasteiger partial charge in [-0.1, -0.05) is 29.8 Å². The van der Waals surface area contributed by atoms with Crippen molar-refractivity contribution in [1.29, 1.82) is 0 Å². The van der Waals surface area contributed by atoms with E-state index in [-0.39, 0.29) is 6.04 Å². The van der Waals surface area contributed by atoms with Crippen molar-refractivity contribution in [3.05, 3.63) is 34.9 Å². The summed E-state index contributed by atoms with van der Waals surface area (Å²) in [7, 11) is 0. The molecule has 2 atom stereocenters. The molecular formula is C11H14ClNS. The summed E-state index contributed by atoms with van der Waals surface area (Å²) in [5.74, 6) is 3.01. The highest BCUT2D eigenvalue weighted by atomic mass is 35.5. The van der Waals surface area contributed by atoms with Gasteiger partial charge in [-0.15, -0.1) is 0 Å². The lowest BCUT2D eigenvalue weighted by Gasteiger charge is -2.19. The molecule has 1 saturated heterocycles. The molecule has 1 nitrogen and oxygen atoms in total. The molecule has 1 aromatic rings. The van der Waals surface area contributed by atoms with Crippen LogP contribution in [0.3, 0.4) is 0 Å². The van der Waals surface area contributed by atoms with Crippen molar-refractivity contribution in [2.24, 2.45) is 11.7 Å². The van der Waals surface area contributed by atoms with Crippen molar-refractivity contribution in [3.63, 3.8) is 0 Å². The first kappa shape index (κ1) is 10.3. The van der Waals surface area contributed by atoms with Crippen molar-refractivity contribution in [2.75, 3.05) is 11.5 Å². The molecular weight excluding hydrogens is 214 g/mol. The highest BCUT2D eigenvalue weighted by molar-refractivity contribution is 7.99. The highest BCUT2D eigenvalue weighted by Crippen LogP contribution is 2.34. The minimum Gasteiger partial charge on any atom is -0.324 e. The minimum atomic E-state index is 0.110. The zero-order chi connectivity index (χ0) is 9.97. The molecule has 0 aliphatic carbocycles. The molecule has 2 N–H and O–H groups in total. The molecule has 1 aliphatic heterocycles. The fraction of sp³-hybridized carbons (Fsp3) is 0.455. The third-order valence-corrected chi connectivity index (χ3v) is 4.27. The van der Waals surface area contributed by atoms with Gasteiger partial charge in [-0.2, -0.15) is 11.8 Å². The fourth-order valence-corrected chi connectivity index (χ4v) is 3.41. The number of rotatable bonds is 2. The molecule has 1 fully saturated rings. The summed E-state index contributed by atoms with van der Waals surface area (Å²) in [4.78, 5) is 0. The van der Waals surface area contributed by atoms with Gasteiger partial charge in [0.25, 0.3) is 0 Å². The SMILES string of the molecule is NC(c1ccccc1Cl)C1CCSC1. The first-order valence-corrected chi connectivity index (χ1v) is 6.40. The largest absolute Gasteiger partial charge is 0.324 e. The van der Waals surface area contributed by atoms with Crippen molar-refractivity contribution in [1.82, 2.24) is 0 Å². The Bertz CT molecular complexity index is 310. The zero-order valence-corrected chi connectivity index (χ0v) is 9.52. The van der Waals surface area contributed by atoms with Gasteiger partial charge in [-0.05, 0) is 35.5 Å². The number of hydrogen-bond donors (Lipinski definition) is 1. The Kier molecular flexibility index (Phi) is 3.37. The van der Waals surface area contributed by atoms with E-state index in [1.807, 2.05) is 36.0 Å². The molecule has 1 aliphatic rings. The van der Waals surface area contributed by atoms with Gasteiger partial charge in [0.2, 0.25) is 0 Å². The van der Waals surface area contributed by atoms with Crippen LogP contribution in [-0.4, -0.2) is 11.5 Å². The third kappa shape index (κ3) is 2.08. The zero-order valence-electron chi connectivity index (χ0n) is 7.95. The maximum atomic E-state index is 6.20. The van der Waals surface area contributed by atoms with Gasteiger partial charge in [0, 0.05) is 11.1 Å². The summed E-state index contributed by atoms with van der Waals surface area (Å²) in [5.41, 5.74) is 7.30. The Morgan fingerprint density at radius 3 is 2.86 bits per heavy atom. The number of benzene rings is 1. The fourth-order valence-electron chi connectivity index (χ4n) is 1.84. The van der Waals surface area contributed by atoms with E-state index in [1.54, 1.807) is 0 Å². The van der Waals surface area contributed by atoms with Crippen molar-refractivity contribution >= 4 is 23.4 Å². The molecule has 0 bridgehead atoms. The van der Waals surface area contributed by atoms with E-state index in [2.05, 4.69) is 0 Å². The Hall–Kier alpha value is -0.180. The standard InChI is InChI=1S/C11H14ClNS/c12-10-4-2-1-3-9(10)11(13)8-5-6-14-7-8/h1-4,8,11H,5-7,13H2. The molecule has 2 unspecified atom stereocenters. The van der Waals surface area contributed by atoms with Crippen LogP contribution in [0.15, 0.2) is 24.3 Å². The van der Waals surface area contributed by atoms with Crippen LogP contribution in [0.25, 0.3) is 0 Å². The third-order valence-electron chi connectivity index (χ3n) is 2.74. The summed E-state index contributed by atoms with van der Waals surface area (Å²) >= 11 is 8.10. The normalized spacial score (nSPS) is 23.7. The average molecular weight is 228 g/mol. The lowest BCUT2D eigenvalue weighted by molar-refractivity contribution is 0.482. The van der Waals surface area contributed by atoms with Crippen molar-refractivity contribution in [2.45, 2.75) is 12.5 Å². The molecule has 0 amide bonds. The molecule has 0 spiro atoms. The summed E-state index contributed by atoms with van der Waals surface area (Å²) in [6, 6.07) is 8.01. The number of nitrogens with two attached hydrogens (primary N) is 1. The number of hydrogen-bond acceptors (Lipinski definition) is 2. The Morgan fingerprint density at radius 1 is 1.43 bits per heavy atom. The van der Waals surface area contributed by atoms with Crippen LogP contribution >= 0.6 is 23.4 Å². The Morgan fingerprint density at radius 2 is 2.21 bits per heavy atom. The van der Waals surface area contributed by atoms with E-state index in [0.717, 1.165) is 10.6 Å². The number of thioether (sulfide) groups is 1. The van der Waals surface area contributed by atoms with Gasteiger partial charge in [-0.3, -0.25) is 0 Å². The van der Waals surface area contributed by atoms with Crippen LogP contribution < -0.4 is 5.73 Å². The molecule has 76 valence electrons. The molecule has 0 aromatic heterocycles. The van der Waals surface area contributed by atoms with Crippen molar-refractivity contribution < 1.29 is 0 Å². The summed E-state index contributed by atoms with van der Waals surface area (Å²) in [6.45, 7) is 0. The molecule has 0 radical (unpaired) electrons. The first-order chi connectivity index (χ1) is 6.79. The van der Waals surface area contributed by atoms with Crippen molar-refractivity contribution in [3.8, 4) is 0 Å². The van der Waals surface area contributed by atoms with E-state index in [9.17, 15) is 0 Å². The van der Waals surface area contributed by atoms with Crippen LogP contribution in [0.4, 0.5) is 0 Å². The average Bonchev–Trinajstić information content (AvgIpc) is 2.70. The first-order valence-electron chi connectivity index (χ1n) is 4.87. The molecule has 1 aromatic carbocycles.